The van der Waals surface area contributed by atoms with E-state index in [2.05, 4.69) is 102 Å². The Labute approximate surface area is 153 Å². The summed E-state index contributed by atoms with van der Waals surface area (Å²) in [5.74, 6) is 0.514. The minimum Gasteiger partial charge on any atom is -0.315 e. The molecule has 2 aromatic carbocycles. The molecule has 0 aliphatic heterocycles. The van der Waals surface area contributed by atoms with Gasteiger partial charge in [0.05, 0.1) is 0 Å². The highest BCUT2D eigenvalue weighted by molar-refractivity contribution is 5.84. The highest BCUT2D eigenvalue weighted by Crippen LogP contribution is 2.35. The number of rotatable bonds is 5. The molecule has 2 rings (SSSR count). The Bertz CT molecular complexity index is 809. The van der Waals surface area contributed by atoms with Gasteiger partial charge in [-0.2, -0.15) is 0 Å². The summed E-state index contributed by atoms with van der Waals surface area (Å²) in [6, 6.07) is 13.2. The molecule has 0 saturated heterocycles. The molecule has 0 spiro atoms. The van der Waals surface area contributed by atoms with Gasteiger partial charge in [-0.1, -0.05) is 50.8 Å². The van der Waals surface area contributed by atoms with E-state index in [4.69, 9.17) is 0 Å². The fraction of sp³-hybridized carbons (Fsp3) is 0.333. The zero-order valence-electron chi connectivity index (χ0n) is 16.8. The smallest absolute Gasteiger partial charge is 0.0490 e. The van der Waals surface area contributed by atoms with E-state index in [-0.39, 0.29) is 0 Å². The van der Waals surface area contributed by atoms with Gasteiger partial charge in [-0.15, -0.1) is 0 Å². The van der Waals surface area contributed by atoms with Crippen LogP contribution in [0.5, 0.6) is 0 Å². The molecular weight excluding hydrogens is 302 g/mol. The molecule has 0 atom stereocenters. The molecule has 1 nitrogen and oxygen atoms in total. The largest absolute Gasteiger partial charge is 0.315 e. The number of benzene rings is 2. The zero-order valence-corrected chi connectivity index (χ0v) is 16.8. The molecule has 132 valence electrons. The third kappa shape index (κ3) is 3.87. The van der Waals surface area contributed by atoms with Gasteiger partial charge in [-0.25, -0.2) is 0 Å². The van der Waals surface area contributed by atoms with Crippen molar-refractivity contribution >= 4 is 11.4 Å². The van der Waals surface area contributed by atoms with Crippen molar-refractivity contribution in [2.75, 3.05) is 4.90 Å². The maximum atomic E-state index is 4.26. The number of anilines is 1. The maximum absolute atomic E-state index is 4.26. The lowest BCUT2D eigenvalue weighted by Crippen LogP contribution is -2.20. The van der Waals surface area contributed by atoms with Gasteiger partial charge in [0.2, 0.25) is 0 Å². The topological polar surface area (TPSA) is 3.24 Å². The molecule has 1 heteroatoms. The van der Waals surface area contributed by atoms with E-state index in [0.717, 1.165) is 5.70 Å². The monoisotopic (exact) mass is 333 g/mol. The van der Waals surface area contributed by atoms with E-state index in [1.807, 2.05) is 0 Å². The quantitative estimate of drug-likeness (QED) is 0.562. The predicted molar refractivity (Wildman–Crippen MR) is 112 cm³/mol. The van der Waals surface area contributed by atoms with Crippen molar-refractivity contribution in [2.24, 2.45) is 0 Å². The van der Waals surface area contributed by atoms with Crippen LogP contribution in [0.3, 0.4) is 0 Å². The van der Waals surface area contributed by atoms with Gasteiger partial charge in [0, 0.05) is 17.1 Å². The summed E-state index contributed by atoms with van der Waals surface area (Å²) >= 11 is 0. The van der Waals surface area contributed by atoms with Crippen LogP contribution in [0.25, 0.3) is 5.70 Å². The molecular formula is C24H31N. The third-order valence-corrected chi connectivity index (χ3v) is 5.02. The Hall–Kier alpha value is -2.28. The van der Waals surface area contributed by atoms with E-state index < -0.39 is 0 Å². The zero-order chi connectivity index (χ0) is 18.7. The summed E-state index contributed by atoms with van der Waals surface area (Å²) in [5.41, 5.74) is 9.98. The highest BCUT2D eigenvalue weighted by Gasteiger charge is 2.18. The molecule has 0 N–H and O–H groups in total. The molecule has 0 bridgehead atoms. The van der Waals surface area contributed by atoms with Crippen LogP contribution in [0.15, 0.2) is 54.8 Å². The van der Waals surface area contributed by atoms with Gasteiger partial charge in [0.25, 0.3) is 0 Å². The van der Waals surface area contributed by atoms with Crippen molar-refractivity contribution in [2.45, 2.75) is 54.4 Å². The van der Waals surface area contributed by atoms with Crippen LogP contribution in [0.2, 0.25) is 0 Å². The third-order valence-electron chi connectivity index (χ3n) is 5.02. The van der Waals surface area contributed by atoms with E-state index in [0.29, 0.717) is 5.92 Å². The molecule has 0 fully saturated rings. The van der Waals surface area contributed by atoms with Gasteiger partial charge in [0.1, 0.15) is 0 Å². The number of hydrogen-bond donors (Lipinski definition) is 0. The van der Waals surface area contributed by atoms with Crippen molar-refractivity contribution in [3.05, 3.63) is 82.6 Å². The SMILES string of the molecule is C=C(C)N(/C(=C\C)c1cccc(C(C)C)c1)c1ccc(C)c(C)c1C. The number of allylic oxidation sites excluding steroid dienone is 2. The summed E-state index contributed by atoms with van der Waals surface area (Å²) in [5, 5.41) is 0. The lowest BCUT2D eigenvalue weighted by atomic mass is 9.97. The first kappa shape index (κ1) is 19.1. The van der Waals surface area contributed by atoms with Crippen LogP contribution in [0, 0.1) is 20.8 Å². The second-order valence-electron chi connectivity index (χ2n) is 7.18. The Morgan fingerprint density at radius 1 is 1.04 bits per heavy atom. The van der Waals surface area contributed by atoms with Crippen molar-refractivity contribution in [1.29, 1.82) is 0 Å². The van der Waals surface area contributed by atoms with Gasteiger partial charge < -0.3 is 4.90 Å². The molecule has 2 aromatic rings. The van der Waals surface area contributed by atoms with Crippen LogP contribution in [0.1, 0.15) is 61.4 Å². The maximum Gasteiger partial charge on any atom is 0.0490 e. The first-order valence-corrected chi connectivity index (χ1v) is 9.07. The van der Waals surface area contributed by atoms with E-state index in [1.54, 1.807) is 0 Å². The summed E-state index contributed by atoms with van der Waals surface area (Å²) in [4.78, 5) is 2.28. The summed E-state index contributed by atoms with van der Waals surface area (Å²) in [6.45, 7) is 19.5. The molecule has 0 aromatic heterocycles. The average Bonchev–Trinajstić information content (AvgIpc) is 2.58. The number of hydrogen-bond acceptors (Lipinski definition) is 1. The second-order valence-corrected chi connectivity index (χ2v) is 7.18. The van der Waals surface area contributed by atoms with Crippen LogP contribution in [-0.2, 0) is 0 Å². The van der Waals surface area contributed by atoms with Crippen LogP contribution >= 0.6 is 0 Å². The van der Waals surface area contributed by atoms with Gasteiger partial charge >= 0.3 is 0 Å². The molecule has 0 radical (unpaired) electrons. The van der Waals surface area contributed by atoms with Gasteiger partial charge in [-0.3, -0.25) is 0 Å². The fourth-order valence-corrected chi connectivity index (χ4v) is 3.21. The van der Waals surface area contributed by atoms with Gasteiger partial charge in [-0.05, 0) is 80.5 Å². The summed E-state index contributed by atoms with van der Waals surface area (Å²) in [7, 11) is 0. The van der Waals surface area contributed by atoms with Crippen molar-refractivity contribution in [1.82, 2.24) is 0 Å². The Balaban J connectivity index is 2.62. The van der Waals surface area contributed by atoms with Crippen molar-refractivity contribution in [3.63, 3.8) is 0 Å². The van der Waals surface area contributed by atoms with Crippen LogP contribution < -0.4 is 4.90 Å². The lowest BCUT2D eigenvalue weighted by molar-refractivity contribution is 0.866. The van der Waals surface area contributed by atoms with Crippen molar-refractivity contribution < 1.29 is 0 Å². The standard InChI is InChI=1S/C24H31N/c1-9-23(22-12-10-11-21(15-22)16(2)3)25(17(4)5)24-14-13-18(6)19(7)20(24)8/h9-16H,4H2,1-3,5-8H3/b23-9-. The van der Waals surface area contributed by atoms with E-state index in [9.17, 15) is 0 Å². The molecule has 0 aliphatic carbocycles. The Morgan fingerprint density at radius 2 is 1.72 bits per heavy atom. The molecule has 0 saturated carbocycles. The minimum atomic E-state index is 0.514. The first-order chi connectivity index (χ1) is 11.8. The lowest BCUT2D eigenvalue weighted by Gasteiger charge is -2.30. The summed E-state index contributed by atoms with van der Waals surface area (Å²) in [6.07, 6.45) is 2.18. The predicted octanol–water partition coefficient (Wildman–Crippen LogP) is 7.14. The molecule has 25 heavy (non-hydrogen) atoms. The number of aryl methyl sites for hydroxylation is 1. The van der Waals surface area contributed by atoms with Crippen LogP contribution in [-0.4, -0.2) is 0 Å². The number of nitrogens with zero attached hydrogens (tertiary/aromatic N) is 1. The molecule has 0 unspecified atom stereocenters. The molecule has 0 heterocycles. The Kier molecular flexibility index (Phi) is 5.89. The van der Waals surface area contributed by atoms with Gasteiger partial charge in [0.15, 0.2) is 0 Å². The fourth-order valence-electron chi connectivity index (χ4n) is 3.21. The highest BCUT2D eigenvalue weighted by atomic mass is 15.2. The van der Waals surface area contributed by atoms with E-state index in [1.165, 1.54) is 39.2 Å². The normalized spacial score (nSPS) is 11.8. The molecule has 0 amide bonds. The second kappa shape index (κ2) is 7.74. The minimum absolute atomic E-state index is 0.514. The Morgan fingerprint density at radius 3 is 2.28 bits per heavy atom. The molecule has 0 aliphatic rings. The average molecular weight is 334 g/mol. The van der Waals surface area contributed by atoms with E-state index >= 15 is 0 Å². The van der Waals surface area contributed by atoms with Crippen molar-refractivity contribution in [3.8, 4) is 0 Å². The first-order valence-electron chi connectivity index (χ1n) is 9.07. The van der Waals surface area contributed by atoms with Crippen LogP contribution in [0.4, 0.5) is 5.69 Å². The summed E-state index contributed by atoms with van der Waals surface area (Å²) < 4.78 is 0.